The quantitative estimate of drug-likeness (QED) is 0.344. The lowest BCUT2D eigenvalue weighted by Gasteiger charge is -2.11. The smallest absolute Gasteiger partial charge is 0.145 e. The van der Waals surface area contributed by atoms with Crippen molar-refractivity contribution in [2.24, 2.45) is 5.73 Å². The molecule has 2 aromatic heterocycles. The molecule has 0 fully saturated rings. The summed E-state index contributed by atoms with van der Waals surface area (Å²) in [5, 5.41) is 2.88. The molecule has 0 bridgehead atoms. The molecule has 2 heterocycles. The highest BCUT2D eigenvalue weighted by Gasteiger charge is 2.18. The van der Waals surface area contributed by atoms with Crippen molar-refractivity contribution in [3.05, 3.63) is 57.7 Å². The summed E-state index contributed by atoms with van der Waals surface area (Å²) < 4.78 is 6.48. The second-order valence-electron chi connectivity index (χ2n) is 6.75. The van der Waals surface area contributed by atoms with Crippen molar-refractivity contribution in [3.8, 4) is 17.0 Å². The van der Waals surface area contributed by atoms with E-state index >= 15 is 0 Å². The van der Waals surface area contributed by atoms with Crippen LogP contribution in [0.5, 0.6) is 5.75 Å². The number of ether oxygens (including phenoxy) is 1. The summed E-state index contributed by atoms with van der Waals surface area (Å²) in [6, 6.07) is 12.1. The summed E-state index contributed by atoms with van der Waals surface area (Å²) in [5.41, 5.74) is 10.9. The highest BCUT2D eigenvalue weighted by atomic mass is 79.9. The lowest BCUT2D eigenvalue weighted by Crippen LogP contribution is -1.99. The van der Waals surface area contributed by atoms with Crippen molar-refractivity contribution in [2.75, 3.05) is 13.7 Å². The van der Waals surface area contributed by atoms with Gasteiger partial charge in [0, 0.05) is 27.0 Å². The van der Waals surface area contributed by atoms with Gasteiger partial charge in [-0.3, -0.25) is 4.98 Å². The highest BCUT2D eigenvalue weighted by molar-refractivity contribution is 9.10. The predicted molar refractivity (Wildman–Crippen MR) is 120 cm³/mol. The van der Waals surface area contributed by atoms with Crippen molar-refractivity contribution in [1.29, 1.82) is 0 Å². The first-order valence-electron chi connectivity index (χ1n) is 9.25. The summed E-state index contributed by atoms with van der Waals surface area (Å²) in [6.07, 6.45) is 4.72. The number of methoxy groups -OCH3 is 1. The Hall–Kier alpha value is -2.08. The van der Waals surface area contributed by atoms with E-state index in [4.69, 9.17) is 22.1 Å². The van der Waals surface area contributed by atoms with Gasteiger partial charge in [0.2, 0.25) is 0 Å². The summed E-state index contributed by atoms with van der Waals surface area (Å²) >= 11 is 10.1. The lowest BCUT2D eigenvalue weighted by molar-refractivity contribution is 0.419. The standard InChI is InChI=1S/C22H21BrClN3O/c1-28-19-8-7-16(14-6-4-10-26-22(14)19)20-15(5-2-3-9-25)17-11-13(23)12-18(24)21(17)27-20/h4,6-8,10-12,27H,2-3,5,9,25H2,1H3. The molecular formula is C22H21BrClN3O. The number of benzene rings is 2. The van der Waals surface area contributed by atoms with Crippen molar-refractivity contribution >= 4 is 49.3 Å². The Bertz CT molecular complexity index is 1160. The minimum atomic E-state index is 0.692. The number of pyridine rings is 1. The molecule has 28 heavy (non-hydrogen) atoms. The number of aryl methyl sites for hydroxylation is 1. The van der Waals surface area contributed by atoms with Gasteiger partial charge in [-0.2, -0.15) is 0 Å². The zero-order valence-electron chi connectivity index (χ0n) is 15.6. The number of unbranched alkanes of at least 4 members (excludes halogenated alkanes) is 1. The number of halogens is 2. The number of rotatable bonds is 6. The van der Waals surface area contributed by atoms with Gasteiger partial charge in [-0.15, -0.1) is 0 Å². The summed E-state index contributed by atoms with van der Waals surface area (Å²) in [5.74, 6) is 0.765. The first-order chi connectivity index (χ1) is 13.6. The summed E-state index contributed by atoms with van der Waals surface area (Å²) in [7, 11) is 1.67. The zero-order valence-corrected chi connectivity index (χ0v) is 17.9. The van der Waals surface area contributed by atoms with E-state index in [1.165, 1.54) is 5.56 Å². The van der Waals surface area contributed by atoms with E-state index in [2.05, 4.69) is 44.1 Å². The topological polar surface area (TPSA) is 63.9 Å². The average Bonchev–Trinajstić information content (AvgIpc) is 3.06. The van der Waals surface area contributed by atoms with E-state index in [-0.39, 0.29) is 0 Å². The first kappa shape index (κ1) is 19.2. The van der Waals surface area contributed by atoms with Crippen LogP contribution in [-0.4, -0.2) is 23.6 Å². The number of hydrogen-bond donors (Lipinski definition) is 2. The van der Waals surface area contributed by atoms with Gasteiger partial charge in [0.1, 0.15) is 11.3 Å². The van der Waals surface area contributed by atoms with Crippen LogP contribution in [0.15, 0.2) is 47.1 Å². The maximum absolute atomic E-state index is 6.55. The molecule has 0 aliphatic heterocycles. The van der Waals surface area contributed by atoms with Gasteiger partial charge in [0.15, 0.2) is 0 Å². The van der Waals surface area contributed by atoms with Crippen molar-refractivity contribution in [3.63, 3.8) is 0 Å². The van der Waals surface area contributed by atoms with Crippen LogP contribution in [0.4, 0.5) is 0 Å². The molecule has 0 radical (unpaired) electrons. The minimum absolute atomic E-state index is 0.692. The van der Waals surface area contributed by atoms with E-state index in [9.17, 15) is 0 Å². The lowest BCUT2D eigenvalue weighted by atomic mass is 9.97. The molecule has 0 saturated carbocycles. The molecule has 6 heteroatoms. The fourth-order valence-corrected chi connectivity index (χ4v) is 4.60. The summed E-state index contributed by atoms with van der Waals surface area (Å²) in [4.78, 5) is 8.12. The van der Waals surface area contributed by atoms with Crippen LogP contribution in [0.2, 0.25) is 5.02 Å². The third kappa shape index (κ3) is 3.39. The molecule has 4 aromatic rings. The van der Waals surface area contributed by atoms with Crippen LogP contribution in [0, 0.1) is 0 Å². The second-order valence-corrected chi connectivity index (χ2v) is 8.07. The number of aromatic amines is 1. The fraction of sp³-hybridized carbons (Fsp3) is 0.227. The number of H-pyrrole nitrogens is 1. The molecule has 0 aliphatic rings. The largest absolute Gasteiger partial charge is 0.494 e. The van der Waals surface area contributed by atoms with E-state index < -0.39 is 0 Å². The molecule has 144 valence electrons. The molecule has 2 aromatic carbocycles. The average molecular weight is 459 g/mol. The molecular weight excluding hydrogens is 438 g/mol. The van der Waals surface area contributed by atoms with Gasteiger partial charge in [-0.05, 0) is 61.7 Å². The molecule has 0 saturated heterocycles. The van der Waals surface area contributed by atoms with Crippen molar-refractivity contribution < 1.29 is 4.74 Å². The molecule has 0 atom stereocenters. The Kier molecular flexibility index (Phi) is 5.58. The number of nitrogens with zero attached hydrogens (tertiary/aromatic N) is 1. The van der Waals surface area contributed by atoms with E-state index in [1.54, 1.807) is 13.3 Å². The number of nitrogens with two attached hydrogens (primary N) is 1. The number of nitrogens with one attached hydrogen (secondary N) is 1. The van der Waals surface area contributed by atoms with E-state index in [0.717, 1.165) is 62.5 Å². The second kappa shape index (κ2) is 8.11. The molecule has 4 nitrogen and oxygen atoms in total. The summed E-state index contributed by atoms with van der Waals surface area (Å²) in [6.45, 7) is 0.692. The molecule has 0 spiro atoms. The monoisotopic (exact) mass is 457 g/mol. The third-order valence-corrected chi connectivity index (χ3v) is 5.79. The van der Waals surface area contributed by atoms with Gasteiger partial charge in [-0.1, -0.05) is 33.6 Å². The Balaban J connectivity index is 1.99. The van der Waals surface area contributed by atoms with E-state index in [0.29, 0.717) is 11.6 Å². The maximum atomic E-state index is 6.55. The highest BCUT2D eigenvalue weighted by Crippen LogP contribution is 2.40. The van der Waals surface area contributed by atoms with Crippen LogP contribution in [0.3, 0.4) is 0 Å². The molecule has 0 unspecified atom stereocenters. The predicted octanol–water partition coefficient (Wildman–Crippen LogP) is 6.09. The molecule has 0 amide bonds. The van der Waals surface area contributed by atoms with Crippen LogP contribution in [-0.2, 0) is 6.42 Å². The van der Waals surface area contributed by atoms with Crippen molar-refractivity contribution in [2.45, 2.75) is 19.3 Å². The van der Waals surface area contributed by atoms with E-state index in [1.807, 2.05) is 18.2 Å². The Labute approximate surface area is 177 Å². The van der Waals surface area contributed by atoms with Gasteiger partial charge in [0.25, 0.3) is 0 Å². The minimum Gasteiger partial charge on any atom is -0.494 e. The Morgan fingerprint density at radius 2 is 2.04 bits per heavy atom. The Morgan fingerprint density at radius 1 is 1.18 bits per heavy atom. The number of aromatic nitrogens is 2. The molecule has 0 aliphatic carbocycles. The van der Waals surface area contributed by atoms with Crippen LogP contribution >= 0.6 is 27.5 Å². The Morgan fingerprint density at radius 3 is 2.82 bits per heavy atom. The van der Waals surface area contributed by atoms with Gasteiger partial charge < -0.3 is 15.5 Å². The van der Waals surface area contributed by atoms with Crippen LogP contribution in [0.25, 0.3) is 33.1 Å². The number of fused-ring (bicyclic) bond motifs is 2. The van der Waals surface area contributed by atoms with Gasteiger partial charge >= 0.3 is 0 Å². The fourth-order valence-electron chi connectivity index (χ4n) is 3.74. The molecule has 3 N–H and O–H groups in total. The van der Waals surface area contributed by atoms with Crippen molar-refractivity contribution in [1.82, 2.24) is 9.97 Å². The maximum Gasteiger partial charge on any atom is 0.145 e. The molecule has 4 rings (SSSR count). The van der Waals surface area contributed by atoms with Gasteiger partial charge in [0.05, 0.1) is 23.3 Å². The normalized spacial score (nSPS) is 11.4. The zero-order chi connectivity index (χ0) is 19.7. The van der Waals surface area contributed by atoms with Crippen LogP contribution < -0.4 is 10.5 Å². The SMILES string of the molecule is COc1ccc(-c2[nH]c3c(Cl)cc(Br)cc3c2CCCCN)c2cccnc12. The van der Waals surface area contributed by atoms with Gasteiger partial charge in [-0.25, -0.2) is 0 Å². The third-order valence-electron chi connectivity index (χ3n) is 5.03. The van der Waals surface area contributed by atoms with Crippen LogP contribution in [0.1, 0.15) is 18.4 Å². The number of hydrogen-bond acceptors (Lipinski definition) is 3. The first-order valence-corrected chi connectivity index (χ1v) is 10.4.